The molecule has 0 spiro atoms. The maximum atomic E-state index is 13.0. The molecule has 2 heterocycles. The summed E-state index contributed by atoms with van der Waals surface area (Å²) in [5.74, 6) is -0.183. The number of benzene rings is 2. The lowest BCUT2D eigenvalue weighted by Gasteiger charge is -2.19. The first-order valence-electron chi connectivity index (χ1n) is 9.56. The molecule has 0 saturated heterocycles. The van der Waals surface area contributed by atoms with Gasteiger partial charge in [-0.05, 0) is 45.4 Å². The molecule has 148 valence electrons. The van der Waals surface area contributed by atoms with Crippen LogP contribution in [0.5, 0.6) is 0 Å². The molecule has 0 aliphatic rings. The molecule has 6 nitrogen and oxygen atoms in total. The molecule has 6 heteroatoms. The summed E-state index contributed by atoms with van der Waals surface area (Å²) in [5.41, 5.74) is 10.8. The van der Waals surface area contributed by atoms with Crippen molar-refractivity contribution in [3.63, 3.8) is 0 Å². The predicted octanol–water partition coefficient (Wildman–Crippen LogP) is 4.48. The molecule has 29 heavy (non-hydrogen) atoms. The number of fused-ring (bicyclic) bond motifs is 2. The Hall–Kier alpha value is -3.41. The molecule has 0 bridgehead atoms. The number of ether oxygens (including phenoxy) is 1. The monoisotopic (exact) mass is 388 g/mol. The molecular formula is C23H24N4O2. The Kier molecular flexibility index (Phi) is 4.49. The maximum Gasteiger partial charge on any atom is 0.344 e. The third-order valence-electron chi connectivity index (χ3n) is 4.66. The number of carbonyl (C=O) groups is 1. The molecule has 0 atom stereocenters. The smallest absolute Gasteiger partial charge is 0.344 e. The molecule has 2 aromatic carbocycles. The fraction of sp³-hybridized carbons (Fsp3) is 0.261. The Morgan fingerprint density at radius 1 is 1.03 bits per heavy atom. The predicted molar refractivity (Wildman–Crippen MR) is 115 cm³/mol. The largest absolute Gasteiger partial charge is 0.456 e. The number of carbonyl (C=O) groups excluding carboxylic acids is 1. The number of nitrogen functional groups attached to an aromatic ring is 1. The summed E-state index contributed by atoms with van der Waals surface area (Å²) in [5, 5.41) is 0. The lowest BCUT2D eigenvalue weighted by Crippen LogP contribution is -2.24. The van der Waals surface area contributed by atoms with Crippen LogP contribution in [-0.4, -0.2) is 26.1 Å². The van der Waals surface area contributed by atoms with Crippen molar-refractivity contribution < 1.29 is 9.53 Å². The van der Waals surface area contributed by atoms with E-state index in [1.807, 2.05) is 80.8 Å². The highest BCUT2D eigenvalue weighted by atomic mass is 16.6. The SMILES string of the molecule is Cc1ccc(Cn2c(N)c(C(=O)OC(C)(C)C)c3nc4ccccc4nc32)cc1. The van der Waals surface area contributed by atoms with E-state index in [0.717, 1.165) is 11.1 Å². The van der Waals surface area contributed by atoms with Crippen LogP contribution in [0.2, 0.25) is 0 Å². The minimum Gasteiger partial charge on any atom is -0.456 e. The fourth-order valence-electron chi connectivity index (χ4n) is 3.28. The Morgan fingerprint density at radius 3 is 2.28 bits per heavy atom. The Labute approximate surface area is 169 Å². The fourth-order valence-corrected chi connectivity index (χ4v) is 3.28. The average molecular weight is 388 g/mol. The molecule has 4 rings (SSSR count). The van der Waals surface area contributed by atoms with E-state index in [4.69, 9.17) is 20.4 Å². The van der Waals surface area contributed by atoms with E-state index in [1.54, 1.807) is 0 Å². The van der Waals surface area contributed by atoms with Crippen LogP contribution in [0.1, 0.15) is 42.3 Å². The van der Waals surface area contributed by atoms with Gasteiger partial charge in [0.05, 0.1) is 17.6 Å². The molecular weight excluding hydrogens is 364 g/mol. The third-order valence-corrected chi connectivity index (χ3v) is 4.66. The minimum atomic E-state index is -0.640. The molecule has 0 aliphatic carbocycles. The van der Waals surface area contributed by atoms with Gasteiger partial charge in [-0.1, -0.05) is 42.0 Å². The van der Waals surface area contributed by atoms with E-state index in [1.165, 1.54) is 5.56 Å². The van der Waals surface area contributed by atoms with Crippen LogP contribution in [-0.2, 0) is 11.3 Å². The van der Waals surface area contributed by atoms with E-state index in [0.29, 0.717) is 29.0 Å². The number of aromatic nitrogens is 3. The van der Waals surface area contributed by atoms with E-state index < -0.39 is 11.6 Å². The highest BCUT2D eigenvalue weighted by Crippen LogP contribution is 2.30. The number of rotatable bonds is 3. The first kappa shape index (κ1) is 18.9. The van der Waals surface area contributed by atoms with Crippen molar-refractivity contribution >= 4 is 34.0 Å². The van der Waals surface area contributed by atoms with Crippen LogP contribution in [0.25, 0.3) is 22.2 Å². The van der Waals surface area contributed by atoms with Crippen molar-refractivity contribution in [2.75, 3.05) is 5.73 Å². The average Bonchev–Trinajstić information content (AvgIpc) is 2.91. The van der Waals surface area contributed by atoms with Gasteiger partial charge in [0.1, 0.15) is 22.5 Å². The molecule has 0 fully saturated rings. The van der Waals surface area contributed by atoms with Gasteiger partial charge in [0.15, 0.2) is 5.65 Å². The summed E-state index contributed by atoms with van der Waals surface area (Å²) in [4.78, 5) is 22.4. The summed E-state index contributed by atoms with van der Waals surface area (Å²) < 4.78 is 7.44. The van der Waals surface area contributed by atoms with Crippen LogP contribution in [0.3, 0.4) is 0 Å². The molecule has 4 aromatic rings. The summed E-state index contributed by atoms with van der Waals surface area (Å²) in [7, 11) is 0. The van der Waals surface area contributed by atoms with Gasteiger partial charge in [-0.3, -0.25) is 0 Å². The zero-order valence-electron chi connectivity index (χ0n) is 17.1. The topological polar surface area (TPSA) is 83.0 Å². The summed E-state index contributed by atoms with van der Waals surface area (Å²) in [6.07, 6.45) is 0. The second-order valence-electron chi connectivity index (χ2n) is 8.22. The number of anilines is 1. The third kappa shape index (κ3) is 3.66. The first-order chi connectivity index (χ1) is 13.7. The standard InChI is InChI=1S/C23H24N4O2/c1-14-9-11-15(12-10-14)13-27-20(24)18(22(28)29-23(2,3)4)19-21(27)26-17-8-6-5-7-16(17)25-19/h5-12H,13,24H2,1-4H3. The van der Waals surface area contributed by atoms with Crippen LogP contribution < -0.4 is 5.73 Å². The van der Waals surface area contributed by atoms with Crippen LogP contribution in [0.15, 0.2) is 48.5 Å². The summed E-state index contributed by atoms with van der Waals surface area (Å²) in [6.45, 7) is 8.01. The number of para-hydroxylation sites is 2. The maximum absolute atomic E-state index is 13.0. The molecule has 0 amide bonds. The highest BCUT2D eigenvalue weighted by Gasteiger charge is 2.28. The van der Waals surface area contributed by atoms with E-state index >= 15 is 0 Å². The van der Waals surface area contributed by atoms with E-state index in [9.17, 15) is 4.79 Å². The molecule has 2 aromatic heterocycles. The molecule has 0 radical (unpaired) electrons. The van der Waals surface area contributed by atoms with Crippen molar-refractivity contribution in [1.82, 2.24) is 14.5 Å². The number of hydrogen-bond acceptors (Lipinski definition) is 5. The number of nitrogens with two attached hydrogens (primary N) is 1. The highest BCUT2D eigenvalue weighted by molar-refractivity contribution is 6.08. The lowest BCUT2D eigenvalue weighted by atomic mass is 10.1. The number of esters is 1. The quantitative estimate of drug-likeness (QED) is 0.523. The van der Waals surface area contributed by atoms with E-state index in [-0.39, 0.29) is 5.56 Å². The Bertz CT molecular complexity index is 1220. The number of nitrogens with zero attached hydrogens (tertiary/aromatic N) is 3. The molecule has 0 unspecified atom stereocenters. The molecule has 2 N–H and O–H groups in total. The van der Waals surface area contributed by atoms with Crippen LogP contribution in [0, 0.1) is 6.92 Å². The second-order valence-corrected chi connectivity index (χ2v) is 8.22. The van der Waals surface area contributed by atoms with Gasteiger partial charge < -0.3 is 15.0 Å². The van der Waals surface area contributed by atoms with Gasteiger partial charge >= 0.3 is 5.97 Å². The lowest BCUT2D eigenvalue weighted by molar-refractivity contribution is 0.00727. The van der Waals surface area contributed by atoms with Crippen molar-refractivity contribution in [3.8, 4) is 0 Å². The van der Waals surface area contributed by atoms with Gasteiger partial charge in [-0.15, -0.1) is 0 Å². The normalized spacial score (nSPS) is 11.9. The number of aryl methyl sites for hydroxylation is 1. The summed E-state index contributed by atoms with van der Waals surface area (Å²) in [6, 6.07) is 15.8. The second kappa shape index (κ2) is 6.88. The van der Waals surface area contributed by atoms with Crippen molar-refractivity contribution in [2.24, 2.45) is 0 Å². The Balaban J connectivity index is 1.93. The minimum absolute atomic E-state index is 0.264. The van der Waals surface area contributed by atoms with Crippen LogP contribution in [0.4, 0.5) is 5.82 Å². The zero-order chi connectivity index (χ0) is 20.8. The number of hydrogen-bond donors (Lipinski definition) is 1. The van der Waals surface area contributed by atoms with Crippen molar-refractivity contribution in [1.29, 1.82) is 0 Å². The first-order valence-corrected chi connectivity index (χ1v) is 9.56. The van der Waals surface area contributed by atoms with E-state index in [2.05, 4.69) is 0 Å². The van der Waals surface area contributed by atoms with Gasteiger partial charge in [0.25, 0.3) is 0 Å². The van der Waals surface area contributed by atoms with Crippen molar-refractivity contribution in [3.05, 3.63) is 65.2 Å². The van der Waals surface area contributed by atoms with Gasteiger partial charge in [-0.25, -0.2) is 14.8 Å². The van der Waals surface area contributed by atoms with Crippen LogP contribution >= 0.6 is 0 Å². The van der Waals surface area contributed by atoms with Crippen molar-refractivity contribution in [2.45, 2.75) is 39.8 Å². The zero-order valence-corrected chi connectivity index (χ0v) is 17.1. The molecule has 0 aliphatic heterocycles. The van der Waals surface area contributed by atoms with Gasteiger partial charge in [0, 0.05) is 0 Å². The Morgan fingerprint density at radius 2 is 1.66 bits per heavy atom. The summed E-state index contributed by atoms with van der Waals surface area (Å²) >= 11 is 0. The van der Waals surface area contributed by atoms with Gasteiger partial charge in [-0.2, -0.15) is 0 Å². The van der Waals surface area contributed by atoms with Gasteiger partial charge in [0.2, 0.25) is 0 Å². The molecule has 0 saturated carbocycles.